The maximum absolute atomic E-state index is 13.7. The second-order valence-corrected chi connectivity index (χ2v) is 9.05. The number of aliphatic carboxylic acids is 1. The topological polar surface area (TPSA) is 104 Å². The van der Waals surface area contributed by atoms with Crippen LogP contribution < -0.4 is 0 Å². The molecule has 7 nitrogen and oxygen atoms in total. The van der Waals surface area contributed by atoms with Crippen molar-refractivity contribution in [1.29, 1.82) is 0 Å². The molecule has 7 rings (SSSR count). The summed E-state index contributed by atoms with van der Waals surface area (Å²) in [6.45, 7) is 0. The van der Waals surface area contributed by atoms with Crippen molar-refractivity contribution in [2.45, 2.75) is 25.7 Å². The Bertz CT molecular complexity index is 1410. The molecule has 3 saturated carbocycles. The second-order valence-electron chi connectivity index (χ2n) is 9.05. The number of nitrogens with zero attached hydrogens (tertiary/aromatic N) is 4. The van der Waals surface area contributed by atoms with Crippen molar-refractivity contribution >= 4 is 39.8 Å². The molecule has 3 aliphatic carbocycles. The van der Waals surface area contributed by atoms with Gasteiger partial charge in [-0.1, -0.05) is 6.07 Å². The van der Waals surface area contributed by atoms with E-state index in [0.717, 1.165) is 36.8 Å². The van der Waals surface area contributed by atoms with Gasteiger partial charge in [0.1, 0.15) is 11.5 Å². The monoisotopic (exact) mass is 443 g/mol. The Balaban J connectivity index is 1.36. The van der Waals surface area contributed by atoms with E-state index in [2.05, 4.69) is 19.9 Å². The van der Waals surface area contributed by atoms with E-state index in [1.165, 1.54) is 12.3 Å². The van der Waals surface area contributed by atoms with E-state index in [4.69, 9.17) is 4.99 Å². The number of rotatable bonds is 4. The zero-order chi connectivity index (χ0) is 22.5. The van der Waals surface area contributed by atoms with E-state index in [1.54, 1.807) is 12.4 Å². The summed E-state index contributed by atoms with van der Waals surface area (Å²) < 4.78 is 13.7. The van der Waals surface area contributed by atoms with Gasteiger partial charge in [-0.3, -0.25) is 9.79 Å². The molecular formula is C25H22FN5O2. The van der Waals surface area contributed by atoms with Gasteiger partial charge in [0.15, 0.2) is 5.82 Å². The van der Waals surface area contributed by atoms with Gasteiger partial charge in [-0.05, 0) is 55.7 Å². The number of aliphatic imine (C=N–C) groups is 1. The highest BCUT2D eigenvalue weighted by Gasteiger charge is 2.46. The molecule has 0 amide bonds. The van der Waals surface area contributed by atoms with E-state index in [-0.39, 0.29) is 17.8 Å². The maximum Gasteiger partial charge on any atom is 0.307 e. The van der Waals surface area contributed by atoms with Crippen LogP contribution in [0.3, 0.4) is 0 Å². The van der Waals surface area contributed by atoms with Gasteiger partial charge in [0, 0.05) is 40.9 Å². The van der Waals surface area contributed by atoms with Gasteiger partial charge in [-0.2, -0.15) is 0 Å². The lowest BCUT2D eigenvalue weighted by Crippen LogP contribution is -2.44. The zero-order valence-electron chi connectivity index (χ0n) is 17.8. The van der Waals surface area contributed by atoms with Crippen molar-refractivity contribution in [3.05, 3.63) is 48.7 Å². The molecule has 1 unspecified atom stereocenters. The van der Waals surface area contributed by atoms with E-state index < -0.39 is 11.8 Å². The minimum absolute atomic E-state index is 0.0425. The molecule has 4 aromatic rings. The highest BCUT2D eigenvalue weighted by atomic mass is 19.1. The highest BCUT2D eigenvalue weighted by molar-refractivity contribution is 5.95. The first-order valence-electron chi connectivity index (χ1n) is 11.2. The molecule has 3 fully saturated rings. The Hall–Kier alpha value is -3.68. The quantitative estimate of drug-likeness (QED) is 0.425. The number of aromatic amines is 1. The largest absolute Gasteiger partial charge is 0.481 e. The smallest absolute Gasteiger partial charge is 0.307 e. The van der Waals surface area contributed by atoms with E-state index in [0.29, 0.717) is 33.9 Å². The molecule has 2 N–H and O–H groups in total. The lowest BCUT2D eigenvalue weighted by atomic mass is 9.59. The average Bonchev–Trinajstić information content (AvgIpc) is 3.25. The summed E-state index contributed by atoms with van der Waals surface area (Å²) in [4.78, 5) is 32.9. The number of fused-ring (bicyclic) bond motifs is 5. The first kappa shape index (κ1) is 20.0. The van der Waals surface area contributed by atoms with Crippen LogP contribution in [0.1, 0.15) is 25.7 Å². The molecule has 0 radical (unpaired) electrons. The number of carbonyl (C=O) groups is 1. The van der Waals surface area contributed by atoms with Crippen LogP contribution in [0, 0.1) is 29.5 Å². The highest BCUT2D eigenvalue weighted by Crippen LogP contribution is 2.48. The number of halogens is 1. The molecular weight excluding hydrogens is 421 g/mol. The molecule has 0 aliphatic heterocycles. The van der Waals surface area contributed by atoms with Gasteiger partial charge in [-0.25, -0.2) is 19.3 Å². The number of nitrogens with one attached hydrogen (secondary N) is 1. The standard InChI is InChI=1S/C25H22FN5O2/c26-15-8-16-18(11-29-23(16)28-9-15)24-30-12-19-20(2-1-3-21(19)31-24)27-10-17-13-4-6-14(7-5-13)22(17)25(32)33/h1-3,8-14,17,22H,4-7H2,(H,28,29)(H,32,33)/t13?,14?,17?,22-/m0/s1. The Labute approximate surface area is 188 Å². The van der Waals surface area contributed by atoms with Crippen LogP contribution >= 0.6 is 0 Å². The van der Waals surface area contributed by atoms with Gasteiger partial charge in [0.25, 0.3) is 0 Å². The number of hydrogen-bond acceptors (Lipinski definition) is 5. The summed E-state index contributed by atoms with van der Waals surface area (Å²) in [5.41, 5.74) is 2.68. The number of benzene rings is 1. The van der Waals surface area contributed by atoms with Gasteiger partial charge < -0.3 is 10.1 Å². The lowest BCUT2D eigenvalue weighted by Gasteiger charge is -2.45. The van der Waals surface area contributed by atoms with E-state index in [1.807, 2.05) is 24.4 Å². The fraction of sp³-hybridized carbons (Fsp3) is 0.320. The van der Waals surface area contributed by atoms with Crippen molar-refractivity contribution < 1.29 is 14.3 Å². The summed E-state index contributed by atoms with van der Waals surface area (Å²) in [6.07, 6.45) is 10.6. The van der Waals surface area contributed by atoms with Crippen LogP contribution in [0.4, 0.5) is 10.1 Å². The predicted molar refractivity (Wildman–Crippen MR) is 123 cm³/mol. The third-order valence-corrected chi connectivity index (χ3v) is 7.30. The molecule has 2 bridgehead atoms. The summed E-state index contributed by atoms with van der Waals surface area (Å²) in [6, 6.07) is 7.07. The van der Waals surface area contributed by atoms with Crippen LogP contribution in [0.15, 0.2) is 47.8 Å². The summed E-state index contributed by atoms with van der Waals surface area (Å²) in [5, 5.41) is 11.2. The van der Waals surface area contributed by atoms with E-state index >= 15 is 0 Å². The Morgan fingerprint density at radius 1 is 1.12 bits per heavy atom. The third-order valence-electron chi connectivity index (χ3n) is 7.30. The van der Waals surface area contributed by atoms with Gasteiger partial charge in [0.05, 0.1) is 23.3 Å². The molecule has 2 atom stereocenters. The maximum atomic E-state index is 13.7. The molecule has 3 heterocycles. The average molecular weight is 443 g/mol. The molecule has 0 spiro atoms. The fourth-order valence-electron chi connectivity index (χ4n) is 5.69. The lowest BCUT2D eigenvalue weighted by molar-refractivity contribution is -0.149. The van der Waals surface area contributed by atoms with Crippen molar-refractivity contribution in [2.24, 2.45) is 28.7 Å². The molecule has 0 saturated heterocycles. The summed E-state index contributed by atoms with van der Waals surface area (Å²) >= 11 is 0. The Morgan fingerprint density at radius 2 is 1.94 bits per heavy atom. The van der Waals surface area contributed by atoms with E-state index in [9.17, 15) is 14.3 Å². The number of hydrogen-bond donors (Lipinski definition) is 2. The predicted octanol–water partition coefficient (Wildman–Crippen LogP) is 5.15. The van der Waals surface area contributed by atoms with Crippen LogP contribution in [0.5, 0.6) is 0 Å². The van der Waals surface area contributed by atoms with Crippen LogP contribution in [-0.2, 0) is 4.79 Å². The molecule has 166 valence electrons. The molecule has 1 aromatic carbocycles. The number of carboxylic acid groups (broad SMARTS) is 1. The third kappa shape index (κ3) is 3.37. The number of carboxylic acids is 1. The number of aromatic nitrogens is 4. The van der Waals surface area contributed by atoms with Gasteiger partial charge >= 0.3 is 5.97 Å². The van der Waals surface area contributed by atoms with Crippen molar-refractivity contribution in [1.82, 2.24) is 19.9 Å². The van der Waals surface area contributed by atoms with Crippen LogP contribution in [-0.4, -0.2) is 37.2 Å². The Kier molecular flexibility index (Phi) is 4.67. The summed E-state index contributed by atoms with van der Waals surface area (Å²) in [5.74, 6) is -0.425. The number of pyridine rings is 1. The first-order chi connectivity index (χ1) is 16.1. The van der Waals surface area contributed by atoms with Crippen LogP contribution in [0.2, 0.25) is 0 Å². The SMILES string of the molecule is O=C(O)[C@H]1C2CCC(CC2)C1C=Nc1cccc2nc(-c3c[nH]c4ncc(F)cc34)ncc12. The first-order valence-corrected chi connectivity index (χ1v) is 11.2. The minimum Gasteiger partial charge on any atom is -0.481 e. The summed E-state index contributed by atoms with van der Waals surface area (Å²) in [7, 11) is 0. The molecule has 8 heteroatoms. The van der Waals surface area contributed by atoms with Crippen molar-refractivity contribution in [2.75, 3.05) is 0 Å². The van der Waals surface area contributed by atoms with Crippen molar-refractivity contribution in [3.63, 3.8) is 0 Å². The fourth-order valence-corrected chi connectivity index (χ4v) is 5.69. The second kappa shape index (κ2) is 7.72. The van der Waals surface area contributed by atoms with Crippen molar-refractivity contribution in [3.8, 4) is 11.4 Å². The molecule has 33 heavy (non-hydrogen) atoms. The normalized spacial score (nSPS) is 24.8. The number of H-pyrrole nitrogens is 1. The Morgan fingerprint density at radius 3 is 2.76 bits per heavy atom. The molecule has 3 aliphatic rings. The van der Waals surface area contributed by atoms with Crippen LogP contribution in [0.25, 0.3) is 33.3 Å². The zero-order valence-corrected chi connectivity index (χ0v) is 17.8. The molecule has 3 aromatic heterocycles. The van der Waals surface area contributed by atoms with Gasteiger partial charge in [0.2, 0.25) is 0 Å². The van der Waals surface area contributed by atoms with Gasteiger partial charge in [-0.15, -0.1) is 0 Å². The minimum atomic E-state index is -0.712.